The van der Waals surface area contributed by atoms with E-state index in [1.807, 2.05) is 0 Å². The quantitative estimate of drug-likeness (QED) is 0.470. The molecular weight excluding hydrogens is 403 g/mol. The summed E-state index contributed by atoms with van der Waals surface area (Å²) in [6.45, 7) is 0. The van der Waals surface area contributed by atoms with Gasteiger partial charge in [0.15, 0.2) is 8.67 Å². The van der Waals surface area contributed by atoms with Crippen LogP contribution in [0.2, 0.25) is 0 Å². The van der Waals surface area contributed by atoms with Gasteiger partial charge in [-0.05, 0) is 6.42 Å². The largest absolute Gasteiger partial charge is 0.164 e. The average Bonchev–Trinajstić information content (AvgIpc) is 2.18. The van der Waals surface area contributed by atoms with Crippen LogP contribution < -0.4 is 0 Å². The molecule has 0 nitrogen and oxygen atoms in total. The van der Waals surface area contributed by atoms with Gasteiger partial charge in [0, 0.05) is 5.88 Å². The molecule has 0 unspecified atom stereocenters. The van der Waals surface area contributed by atoms with Gasteiger partial charge in [0.25, 0.3) is 0 Å². The van der Waals surface area contributed by atoms with Crippen LogP contribution in [0.5, 0.6) is 0 Å². The van der Waals surface area contributed by atoms with Crippen LogP contribution in [0.4, 0.5) is 0 Å². The van der Waals surface area contributed by atoms with Crippen molar-refractivity contribution in [3.8, 4) is 0 Å². The Kier molecular flexibility index (Phi) is 13.6. The Bertz CT molecular complexity index is 167. The van der Waals surface area contributed by atoms with E-state index in [9.17, 15) is 0 Å². The van der Waals surface area contributed by atoms with Crippen molar-refractivity contribution in [3.63, 3.8) is 0 Å². The minimum Gasteiger partial charge on any atom is -0.127 e. The summed E-state index contributed by atoms with van der Waals surface area (Å²) >= 11 is 49.0. The van der Waals surface area contributed by atoms with Crippen molar-refractivity contribution >= 4 is 104 Å². The van der Waals surface area contributed by atoms with Crippen molar-refractivity contribution in [2.24, 2.45) is 0 Å². The average molecular weight is 412 g/mol. The van der Waals surface area contributed by atoms with Crippen LogP contribution >= 0.6 is 104 Å². The zero-order chi connectivity index (χ0) is 13.4. The molecule has 0 aromatic heterocycles. The highest BCUT2D eigenvalue weighted by atomic mass is 35.5. The molecule has 0 aromatic carbocycles. The Hall–Kier alpha value is 2.61. The van der Waals surface area contributed by atoms with E-state index in [4.69, 9.17) is 104 Å². The fourth-order valence-corrected chi connectivity index (χ4v) is 1.75. The zero-order valence-electron chi connectivity index (χ0n) is 7.81. The molecule has 0 aliphatic rings. The summed E-state index contributed by atoms with van der Waals surface area (Å²) in [6.07, 6.45) is 0.289. The maximum absolute atomic E-state index is 5.76. The van der Waals surface area contributed by atoms with Gasteiger partial charge in [0.05, 0.1) is 11.8 Å². The molecular formula is C7H9Cl9. The third kappa shape index (κ3) is 9.53. The van der Waals surface area contributed by atoms with Gasteiger partial charge in [-0.3, -0.25) is 0 Å². The molecule has 0 atom stereocenters. The van der Waals surface area contributed by atoms with E-state index in [1.54, 1.807) is 0 Å². The van der Waals surface area contributed by atoms with Gasteiger partial charge in [-0.2, -0.15) is 0 Å². The Morgan fingerprint density at radius 1 is 0.812 bits per heavy atom. The third-order valence-corrected chi connectivity index (χ3v) is 5.35. The molecule has 0 bridgehead atoms. The molecule has 0 aliphatic heterocycles. The normalized spacial score (nSPS) is 12.4. The number of hydrogen-bond donors (Lipinski definition) is 0. The summed E-state index contributed by atoms with van der Waals surface area (Å²) in [5.41, 5.74) is 0. The highest BCUT2D eigenvalue weighted by molar-refractivity contribution is 6.64. The van der Waals surface area contributed by atoms with Gasteiger partial charge >= 0.3 is 0 Å². The molecule has 0 amide bonds. The Balaban J connectivity index is 0. The molecule has 0 rings (SSSR count). The molecule has 0 saturated heterocycles. The summed E-state index contributed by atoms with van der Waals surface area (Å²) in [7, 11) is 0. The number of alkyl halides is 9. The first-order chi connectivity index (χ1) is 7.14. The molecule has 0 fully saturated rings. The summed E-state index contributed by atoms with van der Waals surface area (Å²) < 4.78 is -2.65. The van der Waals surface area contributed by atoms with E-state index in [0.29, 0.717) is 5.88 Å². The molecule has 0 radical (unpaired) electrons. The Morgan fingerprint density at radius 2 is 1.19 bits per heavy atom. The molecule has 100 valence electrons. The first-order valence-electron chi connectivity index (χ1n) is 3.86. The zero-order valence-corrected chi connectivity index (χ0v) is 14.6. The lowest BCUT2D eigenvalue weighted by Gasteiger charge is -2.30. The summed E-state index contributed by atoms with van der Waals surface area (Å²) in [5.74, 6) is 0.550. The van der Waals surface area contributed by atoms with Crippen LogP contribution in [0.15, 0.2) is 0 Å². The fourth-order valence-electron chi connectivity index (χ4n) is 0.399. The lowest BCUT2D eigenvalue weighted by molar-refractivity contribution is 0.683. The molecule has 0 aliphatic carbocycles. The molecule has 0 spiro atoms. The van der Waals surface area contributed by atoms with E-state index < -0.39 is 13.5 Å². The number of rotatable bonds is 5. The number of halogens is 9. The second kappa shape index (κ2) is 10.4. The predicted molar refractivity (Wildman–Crippen MR) is 81.1 cm³/mol. The van der Waals surface area contributed by atoms with E-state index in [2.05, 4.69) is 0 Å². The highest BCUT2D eigenvalue weighted by Gasteiger charge is 2.45. The van der Waals surface area contributed by atoms with Crippen molar-refractivity contribution in [1.82, 2.24) is 0 Å². The summed E-state index contributed by atoms with van der Waals surface area (Å²) in [6, 6.07) is 0. The van der Waals surface area contributed by atoms with Crippen molar-refractivity contribution in [1.29, 1.82) is 0 Å². The molecule has 16 heavy (non-hydrogen) atoms. The standard InChI is InChI=1S/C5H6Cl6.C2H3Cl3/c6-2-1-4(8,9)5(10,11)3-7;3-1-2(4)5/h1-3H2;2H,1H2. The first-order valence-corrected chi connectivity index (χ1v) is 7.85. The second-order valence-electron chi connectivity index (χ2n) is 2.53. The van der Waals surface area contributed by atoms with Crippen LogP contribution in [-0.4, -0.2) is 31.1 Å². The molecule has 0 heterocycles. The SMILES string of the molecule is ClCC(Cl)Cl.ClCCC(Cl)(Cl)C(Cl)(Cl)CCl. The maximum Gasteiger partial charge on any atom is 0.164 e. The van der Waals surface area contributed by atoms with Crippen LogP contribution in [0.1, 0.15) is 6.42 Å². The molecule has 0 aromatic rings. The summed E-state index contributed by atoms with van der Waals surface area (Å²) in [4.78, 5) is -0.406. The van der Waals surface area contributed by atoms with E-state index >= 15 is 0 Å². The monoisotopic (exact) mass is 408 g/mol. The van der Waals surface area contributed by atoms with Crippen molar-refractivity contribution in [3.05, 3.63) is 0 Å². The Morgan fingerprint density at radius 3 is 1.38 bits per heavy atom. The van der Waals surface area contributed by atoms with Gasteiger partial charge < -0.3 is 0 Å². The molecule has 0 N–H and O–H groups in total. The van der Waals surface area contributed by atoms with Gasteiger partial charge in [-0.25, -0.2) is 0 Å². The topological polar surface area (TPSA) is 0 Å². The highest BCUT2D eigenvalue weighted by Crippen LogP contribution is 2.45. The predicted octanol–water partition coefficient (Wildman–Crippen LogP) is 6.23. The Labute approximate surface area is 141 Å². The van der Waals surface area contributed by atoms with Gasteiger partial charge in [-0.15, -0.1) is 58.0 Å². The fraction of sp³-hybridized carbons (Fsp3) is 1.00. The van der Waals surface area contributed by atoms with E-state index in [-0.39, 0.29) is 18.2 Å². The van der Waals surface area contributed by atoms with E-state index in [1.165, 1.54) is 0 Å². The van der Waals surface area contributed by atoms with Crippen molar-refractivity contribution in [2.75, 3.05) is 17.6 Å². The third-order valence-electron chi connectivity index (χ3n) is 1.23. The van der Waals surface area contributed by atoms with Crippen LogP contribution in [-0.2, 0) is 0 Å². The van der Waals surface area contributed by atoms with Gasteiger partial charge in [0.1, 0.15) is 4.84 Å². The second-order valence-corrected chi connectivity index (χ2v) is 7.73. The van der Waals surface area contributed by atoms with E-state index in [0.717, 1.165) is 0 Å². The first kappa shape index (κ1) is 20.9. The van der Waals surface area contributed by atoms with Gasteiger partial charge in [0.2, 0.25) is 0 Å². The lowest BCUT2D eigenvalue weighted by Crippen LogP contribution is -2.38. The minimum absolute atomic E-state index is 0.0417. The van der Waals surface area contributed by atoms with Crippen molar-refractivity contribution < 1.29 is 0 Å². The molecule has 9 heteroatoms. The van der Waals surface area contributed by atoms with Crippen LogP contribution in [0.25, 0.3) is 0 Å². The smallest absolute Gasteiger partial charge is 0.127 e. The lowest BCUT2D eigenvalue weighted by atomic mass is 10.2. The minimum atomic E-state index is -1.35. The van der Waals surface area contributed by atoms with Crippen molar-refractivity contribution in [2.45, 2.75) is 19.9 Å². The summed E-state index contributed by atoms with van der Waals surface area (Å²) in [5, 5.41) is 0. The van der Waals surface area contributed by atoms with Gasteiger partial charge in [-0.1, -0.05) is 46.4 Å². The van der Waals surface area contributed by atoms with Crippen LogP contribution in [0, 0.1) is 0 Å². The number of hydrogen-bond acceptors (Lipinski definition) is 0. The molecule has 0 saturated carbocycles. The maximum atomic E-state index is 5.76. The van der Waals surface area contributed by atoms with Crippen LogP contribution in [0.3, 0.4) is 0 Å².